The fourth-order valence-electron chi connectivity index (χ4n) is 0.167. The molecule has 64 valence electrons. The summed E-state index contributed by atoms with van der Waals surface area (Å²) in [6, 6.07) is 0. The highest BCUT2D eigenvalue weighted by Gasteiger charge is 1.90. The Morgan fingerprint density at radius 2 is 1.80 bits per heavy atom. The van der Waals surface area contributed by atoms with Gasteiger partial charge in [-0.05, 0) is 12.8 Å². The lowest BCUT2D eigenvalue weighted by molar-refractivity contribution is -0.0748. The first-order valence-electron chi connectivity index (χ1n) is 3.54. The molecule has 2 N–H and O–H groups in total. The second-order valence-electron chi connectivity index (χ2n) is 1.82. The summed E-state index contributed by atoms with van der Waals surface area (Å²) in [6.45, 7) is 4.11. The summed E-state index contributed by atoms with van der Waals surface area (Å²) in [7, 11) is 1.48. The molecule has 0 amide bonds. The Morgan fingerprint density at radius 3 is 1.80 bits per heavy atom. The molecule has 1 unspecified atom stereocenters. The lowest BCUT2D eigenvalue weighted by atomic mass is 10.5. The van der Waals surface area contributed by atoms with Gasteiger partial charge in [0.1, 0.15) is 0 Å². The van der Waals surface area contributed by atoms with E-state index in [1.165, 1.54) is 7.11 Å². The SMILES string of the molecule is CCC(O)OC.CCCO. The molecule has 0 aromatic heterocycles. The molecule has 0 saturated heterocycles. The lowest BCUT2D eigenvalue weighted by Gasteiger charge is -2.00. The maximum absolute atomic E-state index is 8.44. The lowest BCUT2D eigenvalue weighted by Crippen LogP contribution is -2.05. The molecule has 0 aliphatic heterocycles. The Labute approximate surface area is 62.6 Å². The van der Waals surface area contributed by atoms with E-state index in [1.807, 2.05) is 13.8 Å². The van der Waals surface area contributed by atoms with Gasteiger partial charge in [0, 0.05) is 13.7 Å². The topological polar surface area (TPSA) is 49.7 Å². The van der Waals surface area contributed by atoms with E-state index in [2.05, 4.69) is 4.74 Å². The van der Waals surface area contributed by atoms with E-state index < -0.39 is 6.29 Å². The van der Waals surface area contributed by atoms with Crippen LogP contribution in [0.25, 0.3) is 0 Å². The second kappa shape index (κ2) is 11.6. The van der Waals surface area contributed by atoms with Gasteiger partial charge in [0.25, 0.3) is 0 Å². The number of rotatable bonds is 3. The molecule has 3 heteroatoms. The Bertz CT molecular complexity index is 42.1. The van der Waals surface area contributed by atoms with Gasteiger partial charge in [0.05, 0.1) is 0 Å². The fourth-order valence-corrected chi connectivity index (χ4v) is 0.167. The normalized spacial score (nSPS) is 11.7. The number of methoxy groups -OCH3 is 1. The molecule has 0 aliphatic rings. The van der Waals surface area contributed by atoms with E-state index >= 15 is 0 Å². The van der Waals surface area contributed by atoms with Crippen molar-refractivity contribution in [2.45, 2.75) is 33.0 Å². The van der Waals surface area contributed by atoms with Crippen molar-refractivity contribution in [3.8, 4) is 0 Å². The summed E-state index contributed by atoms with van der Waals surface area (Å²) in [4.78, 5) is 0. The van der Waals surface area contributed by atoms with Gasteiger partial charge in [-0.1, -0.05) is 13.8 Å². The molecule has 0 rings (SSSR count). The maximum Gasteiger partial charge on any atom is 0.153 e. The standard InChI is InChI=1S/C4H10O2.C3H8O/c1-3-4(5)6-2;1-2-3-4/h4-5H,3H2,1-2H3;4H,2-3H2,1H3. The van der Waals surface area contributed by atoms with Crippen LogP contribution in [0.5, 0.6) is 0 Å². The van der Waals surface area contributed by atoms with Crippen LogP contribution in [-0.2, 0) is 4.74 Å². The third-order valence-corrected chi connectivity index (χ3v) is 0.845. The molecule has 10 heavy (non-hydrogen) atoms. The number of hydrogen-bond acceptors (Lipinski definition) is 3. The molecule has 0 spiro atoms. The number of aliphatic hydroxyl groups excluding tert-OH is 2. The van der Waals surface area contributed by atoms with Crippen LogP contribution in [-0.4, -0.2) is 30.2 Å². The zero-order valence-corrected chi connectivity index (χ0v) is 7.00. The summed E-state index contributed by atoms with van der Waals surface area (Å²) in [5, 5.41) is 16.3. The first kappa shape index (κ1) is 12.5. The molecule has 0 aromatic carbocycles. The van der Waals surface area contributed by atoms with E-state index in [4.69, 9.17) is 10.2 Å². The largest absolute Gasteiger partial charge is 0.396 e. The predicted molar refractivity (Wildman–Crippen MR) is 40.7 cm³/mol. The first-order chi connectivity index (χ1) is 4.72. The maximum atomic E-state index is 8.44. The average Bonchev–Trinajstić information content (AvgIpc) is 2.03. The first-order valence-corrected chi connectivity index (χ1v) is 3.54. The quantitative estimate of drug-likeness (QED) is 0.584. The molecule has 3 nitrogen and oxygen atoms in total. The van der Waals surface area contributed by atoms with Gasteiger partial charge in [0.2, 0.25) is 0 Å². The van der Waals surface area contributed by atoms with Crippen LogP contribution in [0.4, 0.5) is 0 Å². The summed E-state index contributed by atoms with van der Waals surface area (Å²) in [5.74, 6) is 0. The highest BCUT2D eigenvalue weighted by molar-refractivity contribution is 4.26. The number of ether oxygens (including phenoxy) is 1. The van der Waals surface area contributed by atoms with E-state index in [9.17, 15) is 0 Å². The van der Waals surface area contributed by atoms with Crippen molar-refractivity contribution in [2.24, 2.45) is 0 Å². The van der Waals surface area contributed by atoms with E-state index in [-0.39, 0.29) is 0 Å². The van der Waals surface area contributed by atoms with Gasteiger partial charge >= 0.3 is 0 Å². The molecule has 0 aromatic rings. The van der Waals surface area contributed by atoms with Crippen molar-refractivity contribution < 1.29 is 14.9 Å². The summed E-state index contributed by atoms with van der Waals surface area (Å²) >= 11 is 0. The van der Waals surface area contributed by atoms with Crippen LogP contribution in [0, 0.1) is 0 Å². The van der Waals surface area contributed by atoms with Crippen molar-refractivity contribution >= 4 is 0 Å². The molecule has 0 aliphatic carbocycles. The molecule has 0 saturated carbocycles. The van der Waals surface area contributed by atoms with Crippen molar-refractivity contribution in [3.63, 3.8) is 0 Å². The zero-order chi connectivity index (χ0) is 8.41. The van der Waals surface area contributed by atoms with Crippen molar-refractivity contribution in [1.82, 2.24) is 0 Å². The Hall–Kier alpha value is -0.120. The molecule has 0 bridgehead atoms. The Morgan fingerprint density at radius 1 is 1.40 bits per heavy atom. The summed E-state index contributed by atoms with van der Waals surface area (Å²) in [6.07, 6.45) is 0.973. The third-order valence-electron chi connectivity index (χ3n) is 0.845. The smallest absolute Gasteiger partial charge is 0.153 e. The molecule has 0 fully saturated rings. The average molecular weight is 150 g/mol. The van der Waals surface area contributed by atoms with Gasteiger partial charge < -0.3 is 14.9 Å². The Kier molecular flexibility index (Phi) is 14.6. The van der Waals surface area contributed by atoms with Crippen LogP contribution in [0.3, 0.4) is 0 Å². The highest BCUT2D eigenvalue weighted by atomic mass is 16.6. The van der Waals surface area contributed by atoms with Gasteiger partial charge in [0.15, 0.2) is 6.29 Å². The van der Waals surface area contributed by atoms with E-state index in [0.717, 1.165) is 6.42 Å². The molecule has 0 heterocycles. The van der Waals surface area contributed by atoms with Crippen LogP contribution in [0.2, 0.25) is 0 Å². The second-order valence-corrected chi connectivity index (χ2v) is 1.82. The van der Waals surface area contributed by atoms with E-state index in [0.29, 0.717) is 13.0 Å². The number of hydrogen-bond donors (Lipinski definition) is 2. The molecule has 0 radical (unpaired) electrons. The van der Waals surface area contributed by atoms with Gasteiger partial charge in [-0.3, -0.25) is 0 Å². The molecular formula is C7H18O3. The van der Waals surface area contributed by atoms with Crippen LogP contribution >= 0.6 is 0 Å². The van der Waals surface area contributed by atoms with Crippen molar-refractivity contribution in [3.05, 3.63) is 0 Å². The minimum absolute atomic E-state index is 0.319. The summed E-state index contributed by atoms with van der Waals surface area (Å²) < 4.78 is 4.45. The third kappa shape index (κ3) is 15.7. The zero-order valence-electron chi connectivity index (χ0n) is 7.00. The number of aliphatic hydroxyl groups is 2. The summed E-state index contributed by atoms with van der Waals surface area (Å²) in [5.41, 5.74) is 0. The van der Waals surface area contributed by atoms with Crippen LogP contribution in [0.1, 0.15) is 26.7 Å². The van der Waals surface area contributed by atoms with Crippen LogP contribution < -0.4 is 0 Å². The monoisotopic (exact) mass is 150 g/mol. The minimum atomic E-state index is -0.565. The van der Waals surface area contributed by atoms with Gasteiger partial charge in [-0.15, -0.1) is 0 Å². The predicted octanol–water partition coefficient (Wildman–Crippen LogP) is 0.750. The molecule has 1 atom stereocenters. The van der Waals surface area contributed by atoms with Crippen molar-refractivity contribution in [2.75, 3.05) is 13.7 Å². The van der Waals surface area contributed by atoms with E-state index in [1.54, 1.807) is 0 Å². The fraction of sp³-hybridized carbons (Fsp3) is 1.00. The highest BCUT2D eigenvalue weighted by Crippen LogP contribution is 1.85. The van der Waals surface area contributed by atoms with Crippen LogP contribution in [0.15, 0.2) is 0 Å². The van der Waals surface area contributed by atoms with Gasteiger partial charge in [-0.25, -0.2) is 0 Å². The van der Waals surface area contributed by atoms with Gasteiger partial charge in [-0.2, -0.15) is 0 Å². The minimum Gasteiger partial charge on any atom is -0.396 e. The Balaban J connectivity index is 0. The molecular weight excluding hydrogens is 132 g/mol. The van der Waals surface area contributed by atoms with Crippen molar-refractivity contribution in [1.29, 1.82) is 0 Å².